The SMILES string of the molecule is CNc1cccnc1-c1ncc[nH]1. The van der Waals surface area contributed by atoms with Gasteiger partial charge in [-0.1, -0.05) is 0 Å². The van der Waals surface area contributed by atoms with Gasteiger partial charge in [0.25, 0.3) is 0 Å². The molecule has 0 amide bonds. The van der Waals surface area contributed by atoms with E-state index in [1.807, 2.05) is 19.2 Å². The standard InChI is InChI=1S/C9H10N4/c1-10-7-3-2-4-11-8(7)9-12-5-6-13-9/h2-6,10H,1H3,(H,12,13). The molecule has 0 fully saturated rings. The van der Waals surface area contributed by atoms with Crippen LogP contribution in [0.2, 0.25) is 0 Å². The van der Waals surface area contributed by atoms with Crippen LogP contribution in [-0.2, 0) is 0 Å². The molecule has 0 aromatic carbocycles. The summed E-state index contributed by atoms with van der Waals surface area (Å²) in [6.07, 6.45) is 5.24. The second-order valence-corrected chi connectivity index (χ2v) is 2.59. The van der Waals surface area contributed by atoms with E-state index in [9.17, 15) is 0 Å². The molecule has 2 N–H and O–H groups in total. The Morgan fingerprint density at radius 3 is 2.92 bits per heavy atom. The minimum absolute atomic E-state index is 0.782. The van der Waals surface area contributed by atoms with Crippen LogP contribution >= 0.6 is 0 Å². The Morgan fingerprint density at radius 2 is 2.23 bits per heavy atom. The van der Waals surface area contributed by atoms with Crippen molar-refractivity contribution in [3.05, 3.63) is 30.7 Å². The first-order valence-electron chi connectivity index (χ1n) is 4.04. The summed E-state index contributed by atoms with van der Waals surface area (Å²) in [5, 5.41) is 3.06. The fourth-order valence-electron chi connectivity index (χ4n) is 1.19. The maximum absolute atomic E-state index is 4.24. The van der Waals surface area contributed by atoms with Crippen LogP contribution < -0.4 is 5.32 Å². The largest absolute Gasteiger partial charge is 0.386 e. The number of hydrogen-bond donors (Lipinski definition) is 2. The Morgan fingerprint density at radius 1 is 1.31 bits per heavy atom. The van der Waals surface area contributed by atoms with Crippen LogP contribution in [0.3, 0.4) is 0 Å². The molecule has 13 heavy (non-hydrogen) atoms. The van der Waals surface area contributed by atoms with Crippen LogP contribution in [0.1, 0.15) is 0 Å². The van der Waals surface area contributed by atoms with E-state index in [2.05, 4.69) is 20.3 Å². The number of nitrogens with one attached hydrogen (secondary N) is 2. The molecule has 0 unspecified atom stereocenters. The van der Waals surface area contributed by atoms with Crippen LogP contribution in [0, 0.1) is 0 Å². The van der Waals surface area contributed by atoms with Crippen molar-refractivity contribution in [3.63, 3.8) is 0 Å². The van der Waals surface area contributed by atoms with Crippen molar-refractivity contribution in [2.24, 2.45) is 0 Å². The summed E-state index contributed by atoms with van der Waals surface area (Å²) in [5.74, 6) is 0.782. The predicted octanol–water partition coefficient (Wildman–Crippen LogP) is 1.51. The number of H-pyrrole nitrogens is 1. The van der Waals surface area contributed by atoms with E-state index in [1.165, 1.54) is 0 Å². The first kappa shape index (κ1) is 7.79. The van der Waals surface area contributed by atoms with Crippen molar-refractivity contribution in [3.8, 4) is 11.5 Å². The summed E-state index contributed by atoms with van der Waals surface area (Å²) in [6, 6.07) is 3.85. The van der Waals surface area contributed by atoms with E-state index in [1.54, 1.807) is 18.6 Å². The van der Waals surface area contributed by atoms with Gasteiger partial charge in [0, 0.05) is 25.6 Å². The highest BCUT2D eigenvalue weighted by Gasteiger charge is 2.05. The van der Waals surface area contributed by atoms with Gasteiger partial charge in [0.1, 0.15) is 5.69 Å². The number of imidazole rings is 1. The Kier molecular flexibility index (Phi) is 1.96. The van der Waals surface area contributed by atoms with Crippen LogP contribution in [0.25, 0.3) is 11.5 Å². The van der Waals surface area contributed by atoms with Gasteiger partial charge in [-0.3, -0.25) is 4.98 Å². The van der Waals surface area contributed by atoms with Crippen molar-refractivity contribution in [1.82, 2.24) is 15.0 Å². The van der Waals surface area contributed by atoms with E-state index in [0.717, 1.165) is 17.2 Å². The summed E-state index contributed by atoms with van der Waals surface area (Å²) in [6.45, 7) is 0. The van der Waals surface area contributed by atoms with Gasteiger partial charge in [0.2, 0.25) is 0 Å². The van der Waals surface area contributed by atoms with Crippen molar-refractivity contribution >= 4 is 5.69 Å². The molecule has 0 spiro atoms. The van der Waals surface area contributed by atoms with Crippen molar-refractivity contribution < 1.29 is 0 Å². The maximum atomic E-state index is 4.24. The van der Waals surface area contributed by atoms with Crippen LogP contribution in [0.15, 0.2) is 30.7 Å². The minimum Gasteiger partial charge on any atom is -0.386 e. The summed E-state index contributed by atoms with van der Waals surface area (Å²) in [7, 11) is 1.86. The molecule has 0 radical (unpaired) electrons. The number of pyridine rings is 1. The molecular weight excluding hydrogens is 164 g/mol. The lowest BCUT2D eigenvalue weighted by Crippen LogP contribution is -1.94. The average Bonchev–Trinajstić information content (AvgIpc) is 2.70. The Bertz CT molecular complexity index is 380. The molecule has 4 heteroatoms. The summed E-state index contributed by atoms with van der Waals surface area (Å²) in [5.41, 5.74) is 1.81. The van der Waals surface area contributed by atoms with E-state index in [-0.39, 0.29) is 0 Å². The predicted molar refractivity (Wildman–Crippen MR) is 51.4 cm³/mol. The molecule has 0 bridgehead atoms. The van der Waals surface area contributed by atoms with Gasteiger partial charge in [0.05, 0.1) is 5.69 Å². The molecule has 0 aliphatic rings. The van der Waals surface area contributed by atoms with E-state index >= 15 is 0 Å². The van der Waals surface area contributed by atoms with Gasteiger partial charge in [-0.25, -0.2) is 4.98 Å². The zero-order chi connectivity index (χ0) is 9.10. The highest BCUT2D eigenvalue weighted by atomic mass is 15.0. The molecule has 0 aliphatic carbocycles. The topological polar surface area (TPSA) is 53.6 Å². The third-order valence-electron chi connectivity index (χ3n) is 1.80. The number of nitrogens with zero attached hydrogens (tertiary/aromatic N) is 2. The molecule has 4 nitrogen and oxygen atoms in total. The van der Waals surface area contributed by atoms with Crippen LogP contribution in [0.4, 0.5) is 5.69 Å². The molecule has 2 rings (SSSR count). The monoisotopic (exact) mass is 174 g/mol. The van der Waals surface area contributed by atoms with Gasteiger partial charge in [0.15, 0.2) is 5.82 Å². The lowest BCUT2D eigenvalue weighted by molar-refractivity contribution is 1.22. The molecule has 2 heterocycles. The molecule has 66 valence electrons. The Hall–Kier alpha value is -1.84. The van der Waals surface area contributed by atoms with Crippen molar-refractivity contribution in [2.45, 2.75) is 0 Å². The summed E-state index contributed by atoms with van der Waals surface area (Å²) in [4.78, 5) is 11.4. The van der Waals surface area contributed by atoms with Gasteiger partial charge in [-0.15, -0.1) is 0 Å². The maximum Gasteiger partial charge on any atom is 0.158 e. The third kappa shape index (κ3) is 1.38. The quantitative estimate of drug-likeness (QED) is 0.725. The molecule has 2 aromatic heterocycles. The molecule has 0 saturated carbocycles. The van der Waals surface area contributed by atoms with E-state index < -0.39 is 0 Å². The summed E-state index contributed by atoms with van der Waals surface area (Å²) >= 11 is 0. The van der Waals surface area contributed by atoms with Crippen LogP contribution in [0.5, 0.6) is 0 Å². The fraction of sp³-hybridized carbons (Fsp3) is 0.111. The Balaban J connectivity index is 2.51. The van der Waals surface area contributed by atoms with Crippen molar-refractivity contribution in [2.75, 3.05) is 12.4 Å². The first-order valence-corrected chi connectivity index (χ1v) is 4.04. The number of anilines is 1. The first-order chi connectivity index (χ1) is 6.42. The zero-order valence-electron chi connectivity index (χ0n) is 7.28. The fourth-order valence-corrected chi connectivity index (χ4v) is 1.19. The lowest BCUT2D eigenvalue weighted by Gasteiger charge is -2.03. The minimum atomic E-state index is 0.782. The second kappa shape index (κ2) is 3.26. The Labute approximate surface area is 76.1 Å². The van der Waals surface area contributed by atoms with Gasteiger partial charge >= 0.3 is 0 Å². The van der Waals surface area contributed by atoms with E-state index in [4.69, 9.17) is 0 Å². The van der Waals surface area contributed by atoms with Crippen molar-refractivity contribution in [1.29, 1.82) is 0 Å². The highest BCUT2D eigenvalue weighted by molar-refractivity contribution is 5.68. The third-order valence-corrected chi connectivity index (χ3v) is 1.80. The second-order valence-electron chi connectivity index (χ2n) is 2.59. The van der Waals surface area contributed by atoms with Crippen LogP contribution in [-0.4, -0.2) is 22.0 Å². The zero-order valence-corrected chi connectivity index (χ0v) is 7.28. The normalized spacial score (nSPS) is 9.92. The smallest absolute Gasteiger partial charge is 0.158 e. The number of aromatic amines is 1. The summed E-state index contributed by atoms with van der Waals surface area (Å²) < 4.78 is 0. The molecule has 0 atom stereocenters. The average molecular weight is 174 g/mol. The molecule has 0 saturated heterocycles. The highest BCUT2D eigenvalue weighted by Crippen LogP contribution is 2.20. The van der Waals surface area contributed by atoms with Gasteiger partial charge in [-0.2, -0.15) is 0 Å². The van der Waals surface area contributed by atoms with E-state index in [0.29, 0.717) is 0 Å². The number of aromatic nitrogens is 3. The van der Waals surface area contributed by atoms with Gasteiger partial charge in [-0.05, 0) is 12.1 Å². The number of hydrogen-bond acceptors (Lipinski definition) is 3. The molecule has 0 aliphatic heterocycles. The molecular formula is C9H10N4. The lowest BCUT2D eigenvalue weighted by atomic mass is 10.3. The molecule has 2 aromatic rings. The van der Waals surface area contributed by atoms with Gasteiger partial charge < -0.3 is 10.3 Å². The number of rotatable bonds is 2.